The van der Waals surface area contributed by atoms with Crippen LogP contribution in [0.25, 0.3) is 0 Å². The number of carbonyl (C=O) groups is 2. The van der Waals surface area contributed by atoms with Crippen molar-refractivity contribution >= 4 is 52.4 Å². The Morgan fingerprint density at radius 2 is 1.74 bits per heavy atom. The van der Waals surface area contributed by atoms with Gasteiger partial charge in [0.25, 0.3) is 5.91 Å². The molecule has 0 radical (unpaired) electrons. The van der Waals surface area contributed by atoms with Crippen molar-refractivity contribution in [1.29, 1.82) is 0 Å². The zero-order chi connectivity index (χ0) is 17.1. The van der Waals surface area contributed by atoms with E-state index in [1.807, 2.05) is 6.92 Å². The van der Waals surface area contributed by atoms with Gasteiger partial charge in [-0.2, -0.15) is 0 Å². The minimum absolute atomic E-state index is 0.0423. The van der Waals surface area contributed by atoms with Crippen LogP contribution in [0.1, 0.15) is 22.8 Å². The number of amides is 1. The number of hydrogen-bond donors (Lipinski definition) is 1. The van der Waals surface area contributed by atoms with Crippen LogP contribution < -0.4 is 10.1 Å². The maximum atomic E-state index is 12.5. The second-order valence-electron chi connectivity index (χ2n) is 4.78. The van der Waals surface area contributed by atoms with Crippen molar-refractivity contribution in [3.05, 3.63) is 56.5 Å². The second-order valence-corrected chi connectivity index (χ2v) is 6.03. The van der Waals surface area contributed by atoms with Crippen LogP contribution >= 0.6 is 34.8 Å². The molecule has 2 aromatic rings. The maximum Gasteiger partial charge on any atom is 0.308 e. The van der Waals surface area contributed by atoms with E-state index in [1.54, 1.807) is 18.2 Å². The van der Waals surface area contributed by atoms with Gasteiger partial charge in [-0.3, -0.25) is 9.59 Å². The molecule has 0 heterocycles. The molecule has 0 unspecified atom stereocenters. The maximum absolute atomic E-state index is 12.5. The number of carbonyl (C=O) groups excluding carboxylic acids is 2. The molecule has 0 aliphatic carbocycles. The van der Waals surface area contributed by atoms with E-state index in [0.29, 0.717) is 10.7 Å². The monoisotopic (exact) mass is 371 g/mol. The molecule has 0 aromatic heterocycles. The van der Waals surface area contributed by atoms with Gasteiger partial charge in [0.2, 0.25) is 0 Å². The Bertz CT molecular complexity index is 790. The predicted molar refractivity (Wildman–Crippen MR) is 91.9 cm³/mol. The van der Waals surface area contributed by atoms with E-state index in [9.17, 15) is 9.59 Å². The molecule has 0 saturated heterocycles. The lowest BCUT2D eigenvalue weighted by Gasteiger charge is -2.12. The highest BCUT2D eigenvalue weighted by molar-refractivity contribution is 6.36. The number of anilines is 1. The third-order valence-corrected chi connectivity index (χ3v) is 3.83. The van der Waals surface area contributed by atoms with Crippen molar-refractivity contribution in [2.45, 2.75) is 13.8 Å². The van der Waals surface area contributed by atoms with Crippen LogP contribution in [0, 0.1) is 6.92 Å². The number of hydrogen-bond acceptors (Lipinski definition) is 3. The third kappa shape index (κ3) is 4.38. The van der Waals surface area contributed by atoms with Crippen molar-refractivity contribution < 1.29 is 14.3 Å². The van der Waals surface area contributed by atoms with Gasteiger partial charge >= 0.3 is 5.97 Å². The number of aryl methyl sites for hydroxylation is 1. The normalized spacial score (nSPS) is 10.3. The highest BCUT2D eigenvalue weighted by atomic mass is 35.5. The molecule has 0 saturated carbocycles. The molecule has 7 heteroatoms. The fourth-order valence-electron chi connectivity index (χ4n) is 1.85. The number of rotatable bonds is 3. The first kappa shape index (κ1) is 17.6. The summed E-state index contributed by atoms with van der Waals surface area (Å²) < 4.78 is 5.02. The van der Waals surface area contributed by atoms with E-state index in [-0.39, 0.29) is 21.4 Å². The summed E-state index contributed by atoms with van der Waals surface area (Å²) in [6.45, 7) is 3.07. The Balaban J connectivity index is 2.37. The predicted octanol–water partition coefficient (Wildman–Crippen LogP) is 5.13. The summed E-state index contributed by atoms with van der Waals surface area (Å²) in [5.74, 6) is -1.16. The Labute approximate surface area is 148 Å². The molecule has 2 aromatic carbocycles. The number of ether oxygens (including phenoxy) is 1. The fraction of sp³-hybridized carbons (Fsp3) is 0.125. The molecule has 0 aliphatic rings. The molecule has 2 rings (SSSR count). The molecular weight excluding hydrogens is 361 g/mol. The van der Waals surface area contributed by atoms with Crippen molar-refractivity contribution in [3.63, 3.8) is 0 Å². The summed E-state index contributed by atoms with van der Waals surface area (Å²) in [6.07, 6.45) is 0. The Morgan fingerprint density at radius 1 is 1.04 bits per heavy atom. The lowest BCUT2D eigenvalue weighted by Crippen LogP contribution is -2.15. The largest absolute Gasteiger partial charge is 0.424 e. The lowest BCUT2D eigenvalue weighted by molar-refractivity contribution is -0.131. The van der Waals surface area contributed by atoms with Crippen molar-refractivity contribution in [2.75, 3.05) is 5.32 Å². The van der Waals surface area contributed by atoms with Crippen LogP contribution in [-0.4, -0.2) is 11.9 Å². The summed E-state index contributed by atoms with van der Waals surface area (Å²) in [7, 11) is 0. The summed E-state index contributed by atoms with van der Waals surface area (Å²) >= 11 is 18.0. The molecular formula is C16H12Cl3NO3. The lowest BCUT2D eigenvalue weighted by atomic mass is 10.1. The van der Waals surface area contributed by atoms with Crippen LogP contribution in [0.3, 0.4) is 0 Å². The fourth-order valence-corrected chi connectivity index (χ4v) is 2.56. The first-order valence-corrected chi connectivity index (χ1v) is 7.66. The van der Waals surface area contributed by atoms with Crippen molar-refractivity contribution in [2.24, 2.45) is 0 Å². The molecule has 23 heavy (non-hydrogen) atoms. The Kier molecular flexibility index (Phi) is 5.52. The molecule has 0 spiro atoms. The number of halogens is 3. The van der Waals surface area contributed by atoms with E-state index in [0.717, 1.165) is 5.56 Å². The Hall–Kier alpha value is -1.75. The molecule has 1 amide bonds. The quantitative estimate of drug-likeness (QED) is 0.600. The molecule has 0 bridgehead atoms. The topological polar surface area (TPSA) is 55.4 Å². The SMILES string of the molecule is CC(=O)Oc1c(Cl)cc(Cl)cc1C(=O)Nc1ccc(C)c(Cl)c1. The minimum atomic E-state index is -0.596. The first-order chi connectivity index (χ1) is 10.8. The zero-order valence-electron chi connectivity index (χ0n) is 12.2. The summed E-state index contributed by atoms with van der Waals surface area (Å²) in [5, 5.41) is 3.50. The summed E-state index contributed by atoms with van der Waals surface area (Å²) in [5.41, 5.74) is 1.43. The average molecular weight is 373 g/mol. The molecule has 0 fully saturated rings. The van der Waals surface area contributed by atoms with Gasteiger partial charge in [-0.05, 0) is 36.8 Å². The molecule has 0 aliphatic heterocycles. The van der Waals surface area contributed by atoms with Gasteiger partial charge in [0.1, 0.15) is 0 Å². The van der Waals surface area contributed by atoms with Crippen molar-refractivity contribution in [3.8, 4) is 5.75 Å². The zero-order valence-corrected chi connectivity index (χ0v) is 14.5. The van der Waals surface area contributed by atoms with Crippen LogP contribution in [0.5, 0.6) is 5.75 Å². The number of nitrogens with one attached hydrogen (secondary N) is 1. The van der Waals surface area contributed by atoms with Gasteiger partial charge in [0, 0.05) is 22.7 Å². The van der Waals surface area contributed by atoms with Gasteiger partial charge < -0.3 is 10.1 Å². The van der Waals surface area contributed by atoms with Gasteiger partial charge in [-0.15, -0.1) is 0 Å². The van der Waals surface area contributed by atoms with E-state index in [1.165, 1.54) is 19.1 Å². The van der Waals surface area contributed by atoms with Gasteiger partial charge in [-0.25, -0.2) is 0 Å². The number of esters is 1. The summed E-state index contributed by atoms with van der Waals surface area (Å²) in [4.78, 5) is 23.7. The molecule has 120 valence electrons. The highest BCUT2D eigenvalue weighted by Gasteiger charge is 2.19. The van der Waals surface area contributed by atoms with Crippen LogP contribution in [0.2, 0.25) is 15.1 Å². The van der Waals surface area contributed by atoms with Crippen molar-refractivity contribution in [1.82, 2.24) is 0 Å². The Morgan fingerprint density at radius 3 is 2.35 bits per heavy atom. The average Bonchev–Trinajstić information content (AvgIpc) is 2.45. The second kappa shape index (κ2) is 7.21. The first-order valence-electron chi connectivity index (χ1n) is 6.53. The number of benzene rings is 2. The van der Waals surface area contributed by atoms with E-state index in [4.69, 9.17) is 39.5 Å². The standard InChI is InChI=1S/C16H12Cl3NO3/c1-8-3-4-11(7-13(8)18)20-16(22)12-5-10(17)6-14(19)15(12)23-9(2)21/h3-7H,1-2H3,(H,20,22). The van der Waals surface area contributed by atoms with Gasteiger partial charge in [0.15, 0.2) is 5.75 Å². The highest BCUT2D eigenvalue weighted by Crippen LogP contribution is 2.33. The van der Waals surface area contributed by atoms with Gasteiger partial charge in [-0.1, -0.05) is 40.9 Å². The summed E-state index contributed by atoms with van der Waals surface area (Å²) in [6, 6.07) is 7.86. The van der Waals surface area contributed by atoms with Crippen LogP contribution in [0.4, 0.5) is 5.69 Å². The molecule has 4 nitrogen and oxygen atoms in total. The van der Waals surface area contributed by atoms with E-state index >= 15 is 0 Å². The third-order valence-electron chi connectivity index (χ3n) is 2.93. The molecule has 0 atom stereocenters. The smallest absolute Gasteiger partial charge is 0.308 e. The minimum Gasteiger partial charge on any atom is -0.424 e. The molecule has 1 N–H and O–H groups in total. The van der Waals surface area contributed by atoms with E-state index < -0.39 is 11.9 Å². The van der Waals surface area contributed by atoms with Crippen LogP contribution in [-0.2, 0) is 4.79 Å². The van der Waals surface area contributed by atoms with E-state index in [2.05, 4.69) is 5.32 Å². The van der Waals surface area contributed by atoms with Crippen LogP contribution in [0.15, 0.2) is 30.3 Å². The van der Waals surface area contributed by atoms with Gasteiger partial charge in [0.05, 0.1) is 10.6 Å².